The van der Waals surface area contributed by atoms with Gasteiger partial charge in [-0.3, -0.25) is 4.79 Å². The van der Waals surface area contributed by atoms with E-state index in [2.05, 4.69) is 11.9 Å². The molecule has 0 unspecified atom stereocenters. The molecule has 0 radical (unpaired) electrons. The number of ether oxygens (including phenoxy) is 2. The molecule has 4 heteroatoms. The van der Waals surface area contributed by atoms with Crippen LogP contribution in [0.1, 0.15) is 10.4 Å². The molecule has 0 aliphatic carbocycles. The van der Waals surface area contributed by atoms with Crippen LogP contribution in [0.4, 0.5) is 5.69 Å². The van der Waals surface area contributed by atoms with Gasteiger partial charge in [-0.05, 0) is 24.3 Å². The molecule has 1 amide bonds. The third-order valence-electron chi connectivity index (χ3n) is 2.84. The predicted molar refractivity (Wildman–Crippen MR) is 83.1 cm³/mol. The van der Waals surface area contributed by atoms with Crippen molar-refractivity contribution in [2.75, 3.05) is 19.0 Å². The number of para-hydroxylation sites is 3. The van der Waals surface area contributed by atoms with Gasteiger partial charge in [-0.1, -0.05) is 36.9 Å². The van der Waals surface area contributed by atoms with Crippen LogP contribution in [0.2, 0.25) is 0 Å². The van der Waals surface area contributed by atoms with Crippen LogP contribution in [-0.2, 0) is 0 Å². The molecular weight excluding hydrogens is 266 g/mol. The minimum absolute atomic E-state index is 0.248. The molecule has 0 saturated carbocycles. The third kappa shape index (κ3) is 3.63. The van der Waals surface area contributed by atoms with E-state index >= 15 is 0 Å². The second kappa shape index (κ2) is 7.14. The van der Waals surface area contributed by atoms with Gasteiger partial charge in [0.15, 0.2) is 0 Å². The van der Waals surface area contributed by atoms with E-state index in [1.54, 1.807) is 36.4 Å². The van der Waals surface area contributed by atoms with Crippen LogP contribution in [0.3, 0.4) is 0 Å². The summed E-state index contributed by atoms with van der Waals surface area (Å²) < 4.78 is 10.7. The van der Waals surface area contributed by atoms with E-state index in [0.717, 1.165) is 0 Å². The molecule has 0 heterocycles. The van der Waals surface area contributed by atoms with Crippen molar-refractivity contribution < 1.29 is 14.3 Å². The quantitative estimate of drug-likeness (QED) is 0.825. The summed E-state index contributed by atoms with van der Waals surface area (Å²) in [6.07, 6.45) is 1.65. The zero-order chi connectivity index (χ0) is 15.1. The lowest BCUT2D eigenvalue weighted by atomic mass is 10.2. The van der Waals surface area contributed by atoms with Crippen molar-refractivity contribution in [2.45, 2.75) is 0 Å². The Kier molecular flexibility index (Phi) is 4.99. The molecule has 2 rings (SSSR count). The Bertz CT molecular complexity index is 637. The predicted octanol–water partition coefficient (Wildman–Crippen LogP) is 3.51. The topological polar surface area (TPSA) is 47.6 Å². The summed E-state index contributed by atoms with van der Waals surface area (Å²) in [6.45, 7) is 3.98. The van der Waals surface area contributed by atoms with Crippen molar-refractivity contribution in [3.8, 4) is 11.5 Å². The molecule has 0 aliphatic heterocycles. The first-order chi connectivity index (χ1) is 10.3. The number of anilines is 1. The van der Waals surface area contributed by atoms with E-state index in [1.165, 1.54) is 7.11 Å². The Morgan fingerprint density at radius 1 is 1.14 bits per heavy atom. The second-order valence-corrected chi connectivity index (χ2v) is 4.25. The van der Waals surface area contributed by atoms with Gasteiger partial charge in [0.25, 0.3) is 5.91 Å². The Balaban J connectivity index is 2.21. The molecule has 0 aromatic heterocycles. The third-order valence-corrected chi connectivity index (χ3v) is 2.84. The van der Waals surface area contributed by atoms with Gasteiger partial charge in [0.1, 0.15) is 18.1 Å². The van der Waals surface area contributed by atoms with Gasteiger partial charge < -0.3 is 14.8 Å². The van der Waals surface area contributed by atoms with Gasteiger partial charge in [-0.25, -0.2) is 0 Å². The van der Waals surface area contributed by atoms with Crippen molar-refractivity contribution in [1.82, 2.24) is 0 Å². The van der Waals surface area contributed by atoms with Gasteiger partial charge >= 0.3 is 0 Å². The summed E-state index contributed by atoms with van der Waals surface area (Å²) >= 11 is 0. The zero-order valence-electron chi connectivity index (χ0n) is 11.8. The maximum Gasteiger partial charge on any atom is 0.259 e. The maximum atomic E-state index is 12.4. The maximum absolute atomic E-state index is 12.4. The van der Waals surface area contributed by atoms with Crippen molar-refractivity contribution >= 4 is 11.6 Å². The number of nitrogens with one attached hydrogen (secondary N) is 1. The van der Waals surface area contributed by atoms with Crippen molar-refractivity contribution in [2.24, 2.45) is 0 Å². The number of hydrogen-bond donors (Lipinski definition) is 1. The normalized spacial score (nSPS) is 9.76. The highest BCUT2D eigenvalue weighted by atomic mass is 16.5. The number of amides is 1. The van der Waals surface area contributed by atoms with Gasteiger partial charge in [-0.2, -0.15) is 0 Å². The fraction of sp³-hybridized carbons (Fsp3) is 0.118. The van der Waals surface area contributed by atoms with E-state index in [1.807, 2.05) is 18.2 Å². The van der Waals surface area contributed by atoms with Crippen LogP contribution in [0.15, 0.2) is 61.2 Å². The standard InChI is InChI=1S/C17H17NO3/c1-3-12-21-16-11-7-5-9-14(16)18-17(19)13-8-4-6-10-15(13)20-2/h3-11H,1,12H2,2H3,(H,18,19). The minimum Gasteiger partial charge on any atom is -0.496 e. The lowest BCUT2D eigenvalue weighted by Crippen LogP contribution is -2.14. The van der Waals surface area contributed by atoms with Crippen molar-refractivity contribution in [3.05, 3.63) is 66.7 Å². The molecule has 0 spiro atoms. The Labute approximate surface area is 124 Å². The Morgan fingerprint density at radius 3 is 2.52 bits per heavy atom. The van der Waals surface area contributed by atoms with E-state index in [4.69, 9.17) is 9.47 Å². The van der Waals surface area contributed by atoms with Crippen molar-refractivity contribution in [3.63, 3.8) is 0 Å². The lowest BCUT2D eigenvalue weighted by molar-refractivity contribution is 0.102. The Hall–Kier alpha value is -2.75. The number of carbonyl (C=O) groups is 1. The molecule has 0 aliphatic rings. The van der Waals surface area contributed by atoms with Gasteiger partial charge in [0, 0.05) is 0 Å². The van der Waals surface area contributed by atoms with E-state index in [-0.39, 0.29) is 5.91 Å². The van der Waals surface area contributed by atoms with Crippen LogP contribution in [0.25, 0.3) is 0 Å². The number of carbonyl (C=O) groups excluding carboxylic acids is 1. The molecule has 21 heavy (non-hydrogen) atoms. The van der Waals surface area contributed by atoms with Crippen LogP contribution in [0.5, 0.6) is 11.5 Å². The summed E-state index contributed by atoms with van der Waals surface area (Å²) in [5.41, 5.74) is 1.08. The molecule has 4 nitrogen and oxygen atoms in total. The van der Waals surface area contributed by atoms with E-state index < -0.39 is 0 Å². The average Bonchev–Trinajstić information content (AvgIpc) is 2.54. The number of hydrogen-bond acceptors (Lipinski definition) is 3. The minimum atomic E-state index is -0.248. The zero-order valence-corrected chi connectivity index (χ0v) is 11.8. The fourth-order valence-corrected chi connectivity index (χ4v) is 1.87. The monoisotopic (exact) mass is 283 g/mol. The highest BCUT2D eigenvalue weighted by Crippen LogP contribution is 2.26. The molecule has 2 aromatic carbocycles. The molecule has 2 aromatic rings. The second-order valence-electron chi connectivity index (χ2n) is 4.25. The highest BCUT2D eigenvalue weighted by molar-refractivity contribution is 6.06. The summed E-state index contributed by atoms with van der Waals surface area (Å²) in [5, 5.41) is 2.83. The molecule has 0 saturated heterocycles. The lowest BCUT2D eigenvalue weighted by Gasteiger charge is -2.12. The first-order valence-corrected chi connectivity index (χ1v) is 6.53. The smallest absolute Gasteiger partial charge is 0.259 e. The van der Waals surface area contributed by atoms with E-state index in [0.29, 0.717) is 29.4 Å². The molecular formula is C17H17NO3. The largest absolute Gasteiger partial charge is 0.496 e. The van der Waals surface area contributed by atoms with Crippen LogP contribution >= 0.6 is 0 Å². The van der Waals surface area contributed by atoms with Crippen LogP contribution in [0, 0.1) is 0 Å². The summed E-state index contributed by atoms with van der Waals surface area (Å²) in [4.78, 5) is 12.4. The highest BCUT2D eigenvalue weighted by Gasteiger charge is 2.13. The molecule has 0 fully saturated rings. The first kappa shape index (κ1) is 14.7. The van der Waals surface area contributed by atoms with Gasteiger partial charge in [0.2, 0.25) is 0 Å². The van der Waals surface area contributed by atoms with Gasteiger partial charge in [0.05, 0.1) is 18.4 Å². The number of rotatable bonds is 6. The van der Waals surface area contributed by atoms with Gasteiger partial charge in [-0.15, -0.1) is 0 Å². The summed E-state index contributed by atoms with van der Waals surface area (Å²) in [6, 6.07) is 14.3. The average molecular weight is 283 g/mol. The summed E-state index contributed by atoms with van der Waals surface area (Å²) in [7, 11) is 1.53. The first-order valence-electron chi connectivity index (χ1n) is 6.53. The van der Waals surface area contributed by atoms with E-state index in [9.17, 15) is 4.79 Å². The number of methoxy groups -OCH3 is 1. The molecule has 1 N–H and O–H groups in total. The number of benzene rings is 2. The molecule has 0 atom stereocenters. The van der Waals surface area contributed by atoms with Crippen molar-refractivity contribution in [1.29, 1.82) is 0 Å². The Morgan fingerprint density at radius 2 is 1.81 bits per heavy atom. The SMILES string of the molecule is C=CCOc1ccccc1NC(=O)c1ccccc1OC. The fourth-order valence-electron chi connectivity index (χ4n) is 1.87. The summed E-state index contributed by atoms with van der Waals surface area (Å²) in [5.74, 6) is 0.877. The van der Waals surface area contributed by atoms with Crippen LogP contribution < -0.4 is 14.8 Å². The molecule has 108 valence electrons. The molecule has 0 bridgehead atoms. The van der Waals surface area contributed by atoms with Crippen LogP contribution in [-0.4, -0.2) is 19.6 Å².